The summed E-state index contributed by atoms with van der Waals surface area (Å²) in [6.45, 7) is 2.70. The topological polar surface area (TPSA) is 156 Å². The third-order valence-corrected chi connectivity index (χ3v) is 4.35. The van der Waals surface area contributed by atoms with E-state index in [1.807, 2.05) is 6.07 Å². The van der Waals surface area contributed by atoms with Gasteiger partial charge < -0.3 is 25.4 Å². The molecule has 0 radical (unpaired) electrons. The molecule has 0 spiro atoms. The lowest BCUT2D eigenvalue weighted by molar-refractivity contribution is -0.163. The first-order valence-corrected chi connectivity index (χ1v) is 8.03. The maximum Gasteiger partial charge on any atom is 0.308 e. The maximum absolute atomic E-state index is 12.1. The van der Waals surface area contributed by atoms with Gasteiger partial charge in [-0.25, -0.2) is 9.50 Å². The summed E-state index contributed by atoms with van der Waals surface area (Å²) in [6, 6.07) is 5.11. The normalized spacial score (nSPS) is 28.4. The van der Waals surface area contributed by atoms with Crippen LogP contribution in [0.25, 0.3) is 5.52 Å². The van der Waals surface area contributed by atoms with Crippen LogP contribution in [-0.2, 0) is 19.9 Å². The van der Waals surface area contributed by atoms with Crippen LogP contribution in [0, 0.1) is 17.2 Å². The fourth-order valence-corrected chi connectivity index (χ4v) is 2.96. The van der Waals surface area contributed by atoms with Crippen molar-refractivity contribution in [2.24, 2.45) is 5.92 Å². The Labute approximate surface area is 148 Å². The number of aromatic nitrogens is 3. The van der Waals surface area contributed by atoms with Gasteiger partial charge in [-0.3, -0.25) is 4.79 Å². The van der Waals surface area contributed by atoms with Crippen molar-refractivity contribution >= 4 is 17.3 Å². The molecule has 0 bridgehead atoms. The van der Waals surface area contributed by atoms with Gasteiger partial charge in [0.1, 0.15) is 30.1 Å². The molecule has 0 aromatic carbocycles. The molecule has 1 aliphatic rings. The third kappa shape index (κ3) is 2.57. The van der Waals surface area contributed by atoms with Gasteiger partial charge >= 0.3 is 5.97 Å². The summed E-state index contributed by atoms with van der Waals surface area (Å²) in [6.07, 6.45) is -2.65. The molecule has 0 unspecified atom stereocenters. The Morgan fingerprint density at radius 3 is 2.92 bits per heavy atom. The number of nitriles is 1. The third-order valence-electron chi connectivity index (χ3n) is 4.35. The Morgan fingerprint density at radius 2 is 2.31 bits per heavy atom. The van der Waals surface area contributed by atoms with Crippen molar-refractivity contribution < 1.29 is 24.5 Å². The van der Waals surface area contributed by atoms with Gasteiger partial charge in [0.05, 0.1) is 18.2 Å². The molecule has 0 amide bonds. The van der Waals surface area contributed by atoms with Gasteiger partial charge in [-0.2, -0.15) is 10.4 Å². The Morgan fingerprint density at radius 1 is 1.58 bits per heavy atom. The van der Waals surface area contributed by atoms with E-state index < -0.39 is 42.4 Å². The molecule has 4 atom stereocenters. The first kappa shape index (κ1) is 18.1. The average Bonchev–Trinajstić information content (AvgIpc) is 3.17. The number of aliphatic hydroxyl groups is 2. The van der Waals surface area contributed by atoms with Crippen molar-refractivity contribution in [1.82, 2.24) is 14.6 Å². The molecular weight excluding hydrogens is 342 g/mol. The summed E-state index contributed by atoms with van der Waals surface area (Å²) in [5, 5.41) is 34.0. The van der Waals surface area contributed by atoms with Crippen molar-refractivity contribution in [1.29, 1.82) is 5.26 Å². The lowest BCUT2D eigenvalue weighted by atomic mass is 9.92. The molecule has 3 heterocycles. The summed E-state index contributed by atoms with van der Waals surface area (Å²) in [7, 11) is 0. The minimum absolute atomic E-state index is 0.187. The SMILES string of the molecule is CC(C)C(=O)O[C@@H]1[C@H](O)[C@@H](CO)O[C@@]1(C#N)c1ccc2c(N)ncnn12. The standard InChI is InChI=1S/C16H19N5O5/c1-8(2)15(24)25-13-12(23)10(5-22)26-16(13,6-17)11-4-3-9-14(18)19-7-20-21(9)11/h3-4,7-8,10,12-13,22-23H,5H2,1-2H3,(H2,18,19,20)/t10-,12-,13-,16+/m1/s1. The van der Waals surface area contributed by atoms with Crippen LogP contribution in [0.2, 0.25) is 0 Å². The Hall–Kier alpha value is -2.74. The van der Waals surface area contributed by atoms with Crippen LogP contribution in [0.4, 0.5) is 5.82 Å². The van der Waals surface area contributed by atoms with Crippen LogP contribution in [0.5, 0.6) is 0 Å². The van der Waals surface area contributed by atoms with Crippen LogP contribution >= 0.6 is 0 Å². The molecule has 0 aliphatic carbocycles. The Bertz CT molecular complexity index is 876. The molecule has 3 rings (SSSR count). The van der Waals surface area contributed by atoms with Crippen LogP contribution in [-0.4, -0.2) is 55.7 Å². The molecule has 10 heteroatoms. The van der Waals surface area contributed by atoms with Gasteiger partial charge in [0.15, 0.2) is 11.9 Å². The zero-order valence-electron chi connectivity index (χ0n) is 14.2. The highest BCUT2D eigenvalue weighted by molar-refractivity contribution is 5.72. The zero-order chi connectivity index (χ0) is 19.1. The number of nitrogens with two attached hydrogens (primary N) is 1. The van der Waals surface area contributed by atoms with Gasteiger partial charge in [0, 0.05) is 0 Å². The number of carbonyl (C=O) groups is 1. The smallest absolute Gasteiger partial charge is 0.308 e. The van der Waals surface area contributed by atoms with E-state index in [4.69, 9.17) is 15.2 Å². The molecule has 2 aromatic heterocycles. The first-order valence-electron chi connectivity index (χ1n) is 8.03. The van der Waals surface area contributed by atoms with Gasteiger partial charge in [-0.15, -0.1) is 0 Å². The molecule has 1 saturated heterocycles. The van der Waals surface area contributed by atoms with E-state index in [2.05, 4.69) is 10.1 Å². The molecule has 0 saturated carbocycles. The minimum atomic E-state index is -1.87. The molecule has 1 fully saturated rings. The summed E-state index contributed by atoms with van der Waals surface area (Å²) in [5.41, 5.74) is 4.58. The number of hydrogen-bond acceptors (Lipinski definition) is 9. The van der Waals surface area contributed by atoms with Crippen molar-refractivity contribution in [3.8, 4) is 6.07 Å². The largest absolute Gasteiger partial charge is 0.455 e. The fourth-order valence-electron chi connectivity index (χ4n) is 2.96. The van der Waals surface area contributed by atoms with E-state index in [0.717, 1.165) is 0 Å². The zero-order valence-corrected chi connectivity index (χ0v) is 14.2. The van der Waals surface area contributed by atoms with Crippen molar-refractivity contribution in [2.45, 2.75) is 37.8 Å². The van der Waals surface area contributed by atoms with Crippen molar-refractivity contribution in [3.05, 3.63) is 24.2 Å². The van der Waals surface area contributed by atoms with Gasteiger partial charge in [-0.05, 0) is 12.1 Å². The number of carbonyl (C=O) groups excluding carboxylic acids is 1. The molecule has 1 aliphatic heterocycles. The number of nitrogen functional groups attached to an aromatic ring is 1. The number of ether oxygens (including phenoxy) is 2. The van der Waals surface area contributed by atoms with E-state index in [1.165, 1.54) is 16.9 Å². The molecule has 2 aromatic rings. The summed E-state index contributed by atoms with van der Waals surface area (Å²) < 4.78 is 12.4. The molecule has 10 nitrogen and oxygen atoms in total. The minimum Gasteiger partial charge on any atom is -0.455 e. The predicted molar refractivity (Wildman–Crippen MR) is 87.4 cm³/mol. The number of nitrogens with zero attached hydrogens (tertiary/aromatic N) is 4. The van der Waals surface area contributed by atoms with Crippen LogP contribution in [0.15, 0.2) is 18.5 Å². The van der Waals surface area contributed by atoms with Crippen LogP contribution < -0.4 is 5.73 Å². The summed E-state index contributed by atoms with van der Waals surface area (Å²) in [4.78, 5) is 16.0. The van der Waals surface area contributed by atoms with Gasteiger partial charge in [-0.1, -0.05) is 13.8 Å². The number of anilines is 1. The lowest BCUT2D eigenvalue weighted by Crippen LogP contribution is -2.45. The number of hydrogen-bond donors (Lipinski definition) is 3. The number of esters is 1. The second-order valence-corrected chi connectivity index (χ2v) is 6.35. The monoisotopic (exact) mass is 361 g/mol. The summed E-state index contributed by atoms with van der Waals surface area (Å²) in [5.74, 6) is -0.896. The number of rotatable bonds is 4. The van der Waals surface area contributed by atoms with Crippen LogP contribution in [0.1, 0.15) is 19.5 Å². The predicted octanol–water partition coefficient (Wildman–Crippen LogP) is -0.650. The van der Waals surface area contributed by atoms with E-state index in [-0.39, 0.29) is 11.5 Å². The van der Waals surface area contributed by atoms with E-state index in [9.17, 15) is 20.3 Å². The summed E-state index contributed by atoms with van der Waals surface area (Å²) >= 11 is 0. The molecule has 4 N–H and O–H groups in total. The van der Waals surface area contributed by atoms with Gasteiger partial charge in [0.2, 0.25) is 5.60 Å². The number of aliphatic hydroxyl groups excluding tert-OH is 2. The second-order valence-electron chi connectivity index (χ2n) is 6.35. The second kappa shape index (κ2) is 6.53. The van der Waals surface area contributed by atoms with Crippen molar-refractivity contribution in [3.63, 3.8) is 0 Å². The average molecular weight is 361 g/mol. The highest BCUT2D eigenvalue weighted by atomic mass is 16.6. The van der Waals surface area contributed by atoms with Crippen molar-refractivity contribution in [2.75, 3.05) is 12.3 Å². The fraction of sp³-hybridized carbons (Fsp3) is 0.500. The molecule has 26 heavy (non-hydrogen) atoms. The highest BCUT2D eigenvalue weighted by Crippen LogP contribution is 2.42. The molecule has 138 valence electrons. The van der Waals surface area contributed by atoms with E-state index >= 15 is 0 Å². The maximum atomic E-state index is 12.1. The quantitative estimate of drug-likeness (QED) is 0.602. The Kier molecular flexibility index (Phi) is 4.53. The Balaban J connectivity index is 2.16. The van der Waals surface area contributed by atoms with Crippen LogP contribution in [0.3, 0.4) is 0 Å². The molecular formula is C16H19N5O5. The number of fused-ring (bicyclic) bond motifs is 1. The highest BCUT2D eigenvalue weighted by Gasteiger charge is 2.60. The van der Waals surface area contributed by atoms with E-state index in [1.54, 1.807) is 19.9 Å². The lowest BCUT2D eigenvalue weighted by Gasteiger charge is -2.28. The first-order chi connectivity index (χ1) is 12.4. The van der Waals surface area contributed by atoms with Gasteiger partial charge in [0.25, 0.3) is 0 Å². The van der Waals surface area contributed by atoms with E-state index in [0.29, 0.717) is 5.52 Å².